The van der Waals surface area contributed by atoms with Gasteiger partial charge in [0, 0.05) is 24.1 Å². The molecule has 0 saturated carbocycles. The zero-order chi connectivity index (χ0) is 15.3. The highest BCUT2D eigenvalue weighted by Gasteiger charge is 2.18. The lowest BCUT2D eigenvalue weighted by Gasteiger charge is -2.21. The van der Waals surface area contributed by atoms with Crippen LogP contribution in [0.3, 0.4) is 0 Å². The van der Waals surface area contributed by atoms with Crippen LogP contribution in [0.25, 0.3) is 0 Å². The predicted molar refractivity (Wildman–Crippen MR) is 86.0 cm³/mol. The number of hydrogen-bond donors (Lipinski definition) is 2. The zero-order valence-corrected chi connectivity index (χ0v) is 13.7. The second kappa shape index (κ2) is 6.88. The molecular formula is C15H29N5. The van der Waals surface area contributed by atoms with Crippen molar-refractivity contribution in [3.8, 4) is 0 Å². The van der Waals surface area contributed by atoms with Crippen LogP contribution in [0.4, 0.5) is 11.6 Å². The fraction of sp³-hybridized carbons (Fsp3) is 0.733. The third-order valence-corrected chi connectivity index (χ3v) is 3.29. The van der Waals surface area contributed by atoms with Crippen LogP contribution >= 0.6 is 0 Å². The van der Waals surface area contributed by atoms with Gasteiger partial charge in [0.15, 0.2) is 0 Å². The lowest BCUT2D eigenvalue weighted by Crippen LogP contribution is -2.28. The van der Waals surface area contributed by atoms with Crippen molar-refractivity contribution in [1.29, 1.82) is 0 Å². The second-order valence-electron chi connectivity index (χ2n) is 6.61. The largest absolute Gasteiger partial charge is 0.384 e. The van der Waals surface area contributed by atoms with Crippen LogP contribution in [0.1, 0.15) is 46.9 Å². The van der Waals surface area contributed by atoms with Crippen molar-refractivity contribution in [2.24, 2.45) is 0 Å². The lowest BCUT2D eigenvalue weighted by molar-refractivity contribution is 0.273. The van der Waals surface area contributed by atoms with Crippen LogP contribution in [0.2, 0.25) is 0 Å². The van der Waals surface area contributed by atoms with Crippen LogP contribution < -0.4 is 11.1 Å². The van der Waals surface area contributed by atoms with E-state index in [0.29, 0.717) is 11.9 Å². The summed E-state index contributed by atoms with van der Waals surface area (Å²) in [5.41, 5.74) is 5.76. The Balaban J connectivity index is 2.54. The molecule has 0 aromatic carbocycles. The van der Waals surface area contributed by atoms with Gasteiger partial charge in [-0.1, -0.05) is 20.8 Å². The molecule has 0 aliphatic heterocycles. The number of nitrogens with zero attached hydrogens (tertiary/aromatic N) is 3. The van der Waals surface area contributed by atoms with Crippen LogP contribution in [-0.4, -0.2) is 41.0 Å². The SMILES string of the molecule is CC(C)N(C)CCCNc1cc(N)nc(C(C)(C)C)n1. The van der Waals surface area contributed by atoms with E-state index in [1.807, 2.05) is 0 Å². The van der Waals surface area contributed by atoms with E-state index in [9.17, 15) is 0 Å². The van der Waals surface area contributed by atoms with Gasteiger partial charge >= 0.3 is 0 Å². The van der Waals surface area contributed by atoms with Crippen LogP contribution in [0.15, 0.2) is 6.07 Å². The summed E-state index contributed by atoms with van der Waals surface area (Å²) in [6.45, 7) is 12.6. The van der Waals surface area contributed by atoms with Gasteiger partial charge in [-0.25, -0.2) is 9.97 Å². The fourth-order valence-corrected chi connectivity index (χ4v) is 1.70. The van der Waals surface area contributed by atoms with Gasteiger partial charge in [-0.3, -0.25) is 0 Å². The second-order valence-corrected chi connectivity index (χ2v) is 6.61. The Labute approximate surface area is 123 Å². The molecule has 0 bridgehead atoms. The van der Waals surface area contributed by atoms with E-state index < -0.39 is 0 Å². The molecule has 114 valence electrons. The minimum Gasteiger partial charge on any atom is -0.384 e. The van der Waals surface area contributed by atoms with Crippen molar-refractivity contribution in [1.82, 2.24) is 14.9 Å². The van der Waals surface area contributed by atoms with E-state index in [2.05, 4.69) is 61.9 Å². The highest BCUT2D eigenvalue weighted by molar-refractivity contribution is 5.45. The van der Waals surface area contributed by atoms with E-state index in [-0.39, 0.29) is 5.41 Å². The predicted octanol–water partition coefficient (Wildman–Crippen LogP) is 2.50. The summed E-state index contributed by atoms with van der Waals surface area (Å²) in [6, 6.07) is 2.37. The van der Waals surface area contributed by atoms with Gasteiger partial charge in [-0.15, -0.1) is 0 Å². The standard InChI is InChI=1S/C15H29N5/c1-11(2)20(6)9-7-8-17-13-10-12(16)18-14(19-13)15(3,4)5/h10-11H,7-9H2,1-6H3,(H3,16,17,18,19). The summed E-state index contributed by atoms with van der Waals surface area (Å²) < 4.78 is 0. The normalized spacial score (nSPS) is 12.2. The van der Waals surface area contributed by atoms with E-state index in [0.717, 1.165) is 31.2 Å². The maximum absolute atomic E-state index is 5.85. The fourth-order valence-electron chi connectivity index (χ4n) is 1.70. The van der Waals surface area contributed by atoms with Crippen molar-refractivity contribution in [2.75, 3.05) is 31.2 Å². The van der Waals surface area contributed by atoms with Gasteiger partial charge < -0.3 is 16.0 Å². The van der Waals surface area contributed by atoms with Crippen molar-refractivity contribution < 1.29 is 0 Å². The maximum atomic E-state index is 5.85. The van der Waals surface area contributed by atoms with Gasteiger partial charge in [-0.05, 0) is 33.9 Å². The Bertz CT molecular complexity index is 423. The van der Waals surface area contributed by atoms with Crippen LogP contribution in [-0.2, 0) is 5.41 Å². The Hall–Kier alpha value is -1.36. The summed E-state index contributed by atoms with van der Waals surface area (Å²) in [6.07, 6.45) is 1.07. The third kappa shape index (κ3) is 5.33. The van der Waals surface area contributed by atoms with Crippen molar-refractivity contribution in [2.45, 2.75) is 52.5 Å². The number of hydrogen-bond acceptors (Lipinski definition) is 5. The molecule has 5 nitrogen and oxygen atoms in total. The Morgan fingerprint density at radius 3 is 2.50 bits per heavy atom. The van der Waals surface area contributed by atoms with E-state index >= 15 is 0 Å². The average Bonchev–Trinajstić information content (AvgIpc) is 2.32. The lowest BCUT2D eigenvalue weighted by atomic mass is 9.96. The Kier molecular flexibility index (Phi) is 5.74. The summed E-state index contributed by atoms with van der Waals surface area (Å²) in [5.74, 6) is 2.11. The quantitative estimate of drug-likeness (QED) is 0.783. The molecule has 3 N–H and O–H groups in total. The van der Waals surface area contributed by atoms with E-state index in [1.165, 1.54) is 0 Å². The molecule has 0 aliphatic rings. The third-order valence-electron chi connectivity index (χ3n) is 3.29. The number of nitrogen functional groups attached to an aromatic ring is 1. The van der Waals surface area contributed by atoms with Gasteiger partial charge in [0.05, 0.1) is 0 Å². The summed E-state index contributed by atoms with van der Waals surface area (Å²) >= 11 is 0. The first-order valence-electron chi connectivity index (χ1n) is 7.29. The first-order chi connectivity index (χ1) is 9.20. The van der Waals surface area contributed by atoms with Gasteiger partial charge in [0.2, 0.25) is 0 Å². The average molecular weight is 279 g/mol. The summed E-state index contributed by atoms with van der Waals surface area (Å²) in [5, 5.41) is 3.33. The molecule has 1 aromatic heterocycles. The summed E-state index contributed by atoms with van der Waals surface area (Å²) in [7, 11) is 2.14. The maximum Gasteiger partial charge on any atom is 0.138 e. The van der Waals surface area contributed by atoms with Crippen molar-refractivity contribution in [3.05, 3.63) is 11.9 Å². The van der Waals surface area contributed by atoms with Crippen LogP contribution in [0, 0.1) is 0 Å². The molecule has 0 spiro atoms. The van der Waals surface area contributed by atoms with E-state index in [4.69, 9.17) is 5.73 Å². The van der Waals surface area contributed by atoms with Gasteiger partial charge in [-0.2, -0.15) is 0 Å². The Morgan fingerprint density at radius 2 is 1.95 bits per heavy atom. The molecular weight excluding hydrogens is 250 g/mol. The highest BCUT2D eigenvalue weighted by atomic mass is 15.1. The smallest absolute Gasteiger partial charge is 0.138 e. The number of anilines is 2. The van der Waals surface area contributed by atoms with Crippen molar-refractivity contribution >= 4 is 11.6 Å². The molecule has 1 heterocycles. The topological polar surface area (TPSA) is 67.1 Å². The molecule has 5 heteroatoms. The highest BCUT2D eigenvalue weighted by Crippen LogP contribution is 2.21. The molecule has 0 saturated heterocycles. The first kappa shape index (κ1) is 16.7. The molecule has 0 amide bonds. The molecule has 0 radical (unpaired) electrons. The molecule has 0 fully saturated rings. The van der Waals surface area contributed by atoms with Crippen LogP contribution in [0.5, 0.6) is 0 Å². The number of nitrogens with two attached hydrogens (primary N) is 1. The summed E-state index contributed by atoms with van der Waals surface area (Å²) in [4.78, 5) is 11.2. The molecule has 0 unspecified atom stereocenters. The molecule has 20 heavy (non-hydrogen) atoms. The number of rotatable bonds is 6. The Morgan fingerprint density at radius 1 is 1.30 bits per heavy atom. The molecule has 0 atom stereocenters. The number of nitrogens with one attached hydrogen (secondary N) is 1. The first-order valence-corrected chi connectivity index (χ1v) is 7.29. The van der Waals surface area contributed by atoms with Gasteiger partial charge in [0.25, 0.3) is 0 Å². The number of aromatic nitrogens is 2. The van der Waals surface area contributed by atoms with Gasteiger partial charge in [0.1, 0.15) is 17.5 Å². The van der Waals surface area contributed by atoms with E-state index in [1.54, 1.807) is 6.07 Å². The molecule has 1 rings (SSSR count). The monoisotopic (exact) mass is 279 g/mol. The molecule has 0 aliphatic carbocycles. The van der Waals surface area contributed by atoms with Crippen molar-refractivity contribution in [3.63, 3.8) is 0 Å². The zero-order valence-electron chi connectivity index (χ0n) is 13.7. The minimum absolute atomic E-state index is 0.0936. The molecule has 1 aromatic rings. The minimum atomic E-state index is -0.0936.